The van der Waals surface area contributed by atoms with Crippen molar-refractivity contribution in [3.05, 3.63) is 95.3 Å². The summed E-state index contributed by atoms with van der Waals surface area (Å²) in [5, 5.41) is 3.02. The first kappa shape index (κ1) is 22.6. The molecule has 1 aromatic heterocycles. The molecule has 4 rings (SSSR count). The van der Waals surface area contributed by atoms with Crippen molar-refractivity contribution in [1.29, 1.82) is 0 Å². The van der Waals surface area contributed by atoms with Crippen LogP contribution < -0.4 is 10.1 Å². The van der Waals surface area contributed by atoms with Gasteiger partial charge in [0.1, 0.15) is 11.6 Å². The number of fused-ring (bicyclic) bond motifs is 1. The van der Waals surface area contributed by atoms with Crippen LogP contribution in [0.5, 0.6) is 5.75 Å². The lowest BCUT2D eigenvalue weighted by molar-refractivity contribution is 0.0954. The van der Waals surface area contributed by atoms with Crippen LogP contribution in [0.25, 0.3) is 11.0 Å². The van der Waals surface area contributed by atoms with E-state index in [9.17, 15) is 4.79 Å². The van der Waals surface area contributed by atoms with Crippen LogP contribution in [-0.4, -0.2) is 28.6 Å². The minimum absolute atomic E-state index is 0.0501. The summed E-state index contributed by atoms with van der Waals surface area (Å²) >= 11 is 0. The summed E-state index contributed by atoms with van der Waals surface area (Å²) in [6.07, 6.45) is 2.64. The maximum Gasteiger partial charge on any atom is 0.251 e. The van der Waals surface area contributed by atoms with Crippen LogP contribution in [0.4, 0.5) is 0 Å². The largest absolute Gasteiger partial charge is 0.494 e. The molecule has 5 heteroatoms. The van der Waals surface area contributed by atoms with Crippen molar-refractivity contribution in [3.8, 4) is 5.75 Å². The van der Waals surface area contributed by atoms with Crippen LogP contribution >= 0.6 is 0 Å². The van der Waals surface area contributed by atoms with E-state index in [1.807, 2.05) is 61.5 Å². The van der Waals surface area contributed by atoms with Gasteiger partial charge in [0.05, 0.1) is 17.6 Å². The van der Waals surface area contributed by atoms with Gasteiger partial charge in [-0.15, -0.1) is 0 Å². The first-order valence-electron chi connectivity index (χ1n) is 11.6. The fourth-order valence-electron chi connectivity index (χ4n) is 3.86. The summed E-state index contributed by atoms with van der Waals surface area (Å²) < 4.78 is 8.14. The van der Waals surface area contributed by atoms with E-state index in [2.05, 4.69) is 35.0 Å². The molecule has 1 amide bonds. The summed E-state index contributed by atoms with van der Waals surface area (Å²) in [6.45, 7) is 6.20. The van der Waals surface area contributed by atoms with Gasteiger partial charge in [0.2, 0.25) is 0 Å². The smallest absolute Gasteiger partial charge is 0.251 e. The Morgan fingerprint density at radius 2 is 1.61 bits per heavy atom. The number of imidazole rings is 1. The summed E-state index contributed by atoms with van der Waals surface area (Å²) in [4.78, 5) is 17.3. The zero-order valence-electron chi connectivity index (χ0n) is 19.4. The molecule has 0 saturated heterocycles. The summed E-state index contributed by atoms with van der Waals surface area (Å²) in [5.41, 5.74) is 5.19. The lowest BCUT2D eigenvalue weighted by Gasteiger charge is -2.11. The second-order valence-corrected chi connectivity index (χ2v) is 8.41. The second kappa shape index (κ2) is 10.8. The first-order chi connectivity index (χ1) is 16.1. The number of hydrogen-bond acceptors (Lipinski definition) is 3. The molecule has 0 spiro atoms. The molecule has 170 valence electrons. The van der Waals surface area contributed by atoms with Crippen LogP contribution in [0.1, 0.15) is 40.2 Å². The number of carbonyl (C=O) groups is 1. The monoisotopic (exact) mass is 441 g/mol. The molecule has 0 aliphatic heterocycles. The number of rotatable bonds is 10. The van der Waals surface area contributed by atoms with Crippen molar-refractivity contribution in [3.63, 3.8) is 0 Å². The Balaban J connectivity index is 1.32. The van der Waals surface area contributed by atoms with Crippen molar-refractivity contribution < 1.29 is 9.53 Å². The van der Waals surface area contributed by atoms with Gasteiger partial charge in [-0.05, 0) is 63.1 Å². The highest BCUT2D eigenvalue weighted by atomic mass is 16.5. The molecule has 1 N–H and O–H groups in total. The maximum absolute atomic E-state index is 12.4. The van der Waals surface area contributed by atoms with Crippen molar-refractivity contribution in [1.82, 2.24) is 14.9 Å². The number of nitrogens with zero attached hydrogens (tertiary/aromatic N) is 2. The van der Waals surface area contributed by atoms with Gasteiger partial charge < -0.3 is 14.6 Å². The quantitative estimate of drug-likeness (QED) is 0.331. The third kappa shape index (κ3) is 6.01. The van der Waals surface area contributed by atoms with Crippen molar-refractivity contribution in [2.75, 3.05) is 13.2 Å². The lowest BCUT2D eigenvalue weighted by Crippen LogP contribution is -2.26. The first-order valence-corrected chi connectivity index (χ1v) is 11.6. The molecular weight excluding hydrogens is 410 g/mol. The minimum atomic E-state index is -0.0501. The zero-order chi connectivity index (χ0) is 23.0. The predicted molar refractivity (Wildman–Crippen MR) is 133 cm³/mol. The van der Waals surface area contributed by atoms with Crippen LogP contribution in [0.2, 0.25) is 0 Å². The Morgan fingerprint density at radius 3 is 2.36 bits per heavy atom. The normalized spacial score (nSPS) is 11.0. The number of nitrogens with one attached hydrogen (secondary N) is 1. The molecule has 3 aromatic carbocycles. The molecule has 4 aromatic rings. The fourth-order valence-corrected chi connectivity index (χ4v) is 3.86. The van der Waals surface area contributed by atoms with Gasteiger partial charge in [0, 0.05) is 25.1 Å². The summed E-state index contributed by atoms with van der Waals surface area (Å²) in [7, 11) is 0. The second-order valence-electron chi connectivity index (χ2n) is 8.41. The van der Waals surface area contributed by atoms with Crippen LogP contribution in [0.3, 0.4) is 0 Å². The van der Waals surface area contributed by atoms with Gasteiger partial charge in [0.15, 0.2) is 0 Å². The lowest BCUT2D eigenvalue weighted by atomic mass is 10.1. The number of unbranched alkanes of at least 4 members (excludes halogenated alkanes) is 1. The standard InChI is InChI=1S/C28H31N3O2/c1-21-9-13-23(14-10-21)28(32)29-18-17-27-30-25-7-3-4-8-26(25)31(27)19-5-6-20-33-24-15-11-22(2)12-16-24/h3-4,7-16H,5-6,17-20H2,1-2H3,(H,29,32). The maximum atomic E-state index is 12.4. The molecule has 0 aliphatic carbocycles. The molecule has 0 fully saturated rings. The topological polar surface area (TPSA) is 56.1 Å². The Kier molecular flexibility index (Phi) is 7.40. The van der Waals surface area contributed by atoms with Gasteiger partial charge in [-0.1, -0.05) is 47.5 Å². The molecule has 0 bridgehead atoms. The number of para-hydroxylation sites is 2. The van der Waals surface area contributed by atoms with Crippen LogP contribution in [-0.2, 0) is 13.0 Å². The number of aromatic nitrogens is 2. The number of benzene rings is 3. The number of hydrogen-bond donors (Lipinski definition) is 1. The Morgan fingerprint density at radius 1 is 0.909 bits per heavy atom. The Hall–Kier alpha value is -3.60. The third-order valence-electron chi connectivity index (χ3n) is 5.75. The predicted octanol–water partition coefficient (Wildman–Crippen LogP) is 5.48. The highest BCUT2D eigenvalue weighted by Gasteiger charge is 2.11. The number of amides is 1. The van der Waals surface area contributed by atoms with Gasteiger partial charge in [0.25, 0.3) is 5.91 Å². The van der Waals surface area contributed by atoms with E-state index < -0.39 is 0 Å². The molecule has 0 unspecified atom stereocenters. The number of carbonyl (C=O) groups excluding carboxylic acids is 1. The van der Waals surface area contributed by atoms with E-state index in [1.165, 1.54) is 5.56 Å². The molecule has 5 nitrogen and oxygen atoms in total. The Bertz CT molecular complexity index is 1190. The molecule has 1 heterocycles. The van der Waals surface area contributed by atoms with E-state index in [0.29, 0.717) is 25.1 Å². The molecule has 33 heavy (non-hydrogen) atoms. The van der Waals surface area contributed by atoms with E-state index in [1.54, 1.807) is 0 Å². The SMILES string of the molecule is Cc1ccc(OCCCCn2c(CCNC(=O)c3ccc(C)cc3)nc3ccccc32)cc1. The molecule has 0 atom stereocenters. The highest BCUT2D eigenvalue weighted by Crippen LogP contribution is 2.18. The molecule has 0 radical (unpaired) electrons. The van der Waals surface area contributed by atoms with E-state index >= 15 is 0 Å². The summed E-state index contributed by atoms with van der Waals surface area (Å²) in [6, 6.07) is 24.0. The van der Waals surface area contributed by atoms with Crippen molar-refractivity contribution >= 4 is 16.9 Å². The Labute approximate surface area is 195 Å². The van der Waals surface area contributed by atoms with Crippen molar-refractivity contribution in [2.45, 2.75) is 39.7 Å². The van der Waals surface area contributed by atoms with Crippen LogP contribution in [0.15, 0.2) is 72.8 Å². The van der Waals surface area contributed by atoms with E-state index in [0.717, 1.165) is 47.6 Å². The van der Waals surface area contributed by atoms with E-state index in [4.69, 9.17) is 9.72 Å². The zero-order valence-corrected chi connectivity index (χ0v) is 19.4. The number of aryl methyl sites for hydroxylation is 3. The van der Waals surface area contributed by atoms with Gasteiger partial charge in [-0.3, -0.25) is 4.79 Å². The number of ether oxygens (including phenoxy) is 1. The van der Waals surface area contributed by atoms with Crippen LogP contribution in [0, 0.1) is 13.8 Å². The van der Waals surface area contributed by atoms with Crippen molar-refractivity contribution in [2.24, 2.45) is 0 Å². The molecular formula is C28H31N3O2. The van der Waals surface area contributed by atoms with Gasteiger partial charge >= 0.3 is 0 Å². The molecule has 0 saturated carbocycles. The highest BCUT2D eigenvalue weighted by molar-refractivity contribution is 5.94. The van der Waals surface area contributed by atoms with E-state index in [-0.39, 0.29) is 5.91 Å². The molecule has 0 aliphatic rings. The minimum Gasteiger partial charge on any atom is -0.494 e. The third-order valence-corrected chi connectivity index (χ3v) is 5.75. The fraction of sp³-hybridized carbons (Fsp3) is 0.286. The average molecular weight is 442 g/mol. The van der Waals surface area contributed by atoms with Gasteiger partial charge in [-0.25, -0.2) is 4.98 Å². The summed E-state index contributed by atoms with van der Waals surface area (Å²) in [5.74, 6) is 1.87. The van der Waals surface area contributed by atoms with Gasteiger partial charge in [-0.2, -0.15) is 0 Å². The average Bonchev–Trinajstić information content (AvgIpc) is 3.18.